The van der Waals surface area contributed by atoms with Gasteiger partial charge in [0.05, 0.1) is 23.1 Å². The predicted octanol–water partition coefficient (Wildman–Crippen LogP) is 1.52. The van der Waals surface area contributed by atoms with E-state index in [1.807, 2.05) is 0 Å². The Labute approximate surface area is 123 Å². The van der Waals surface area contributed by atoms with E-state index >= 15 is 0 Å². The van der Waals surface area contributed by atoms with Crippen molar-refractivity contribution in [3.63, 3.8) is 0 Å². The summed E-state index contributed by atoms with van der Waals surface area (Å²) in [6.07, 6.45) is 0. The number of hydrogen-bond acceptors (Lipinski definition) is 9. The smallest absolute Gasteiger partial charge is 0.330 e. The molecule has 3 N–H and O–H groups in total. The molecule has 110 valence electrons. The number of benzene rings is 1. The number of non-ortho nitro benzene ring substituents is 1. The van der Waals surface area contributed by atoms with Crippen LogP contribution in [0.2, 0.25) is 5.02 Å². The van der Waals surface area contributed by atoms with Crippen LogP contribution in [0, 0.1) is 10.1 Å². The van der Waals surface area contributed by atoms with Crippen molar-refractivity contribution < 1.29 is 14.4 Å². The summed E-state index contributed by atoms with van der Waals surface area (Å²) in [6, 6.07) is 3.49. The van der Waals surface area contributed by atoms with Crippen LogP contribution in [0.4, 0.5) is 11.6 Å². The summed E-state index contributed by atoms with van der Waals surface area (Å²) >= 11 is 5.91. The van der Waals surface area contributed by atoms with Crippen molar-refractivity contribution in [3.8, 4) is 17.8 Å². The Kier molecular flexibility index (Phi) is 4.30. The average molecular weight is 313 g/mol. The number of hydrazine groups is 1. The quantitative estimate of drug-likeness (QED) is 0.477. The van der Waals surface area contributed by atoms with Gasteiger partial charge in [-0.1, -0.05) is 11.6 Å². The Hall–Kier alpha value is -2.72. The maximum atomic E-state index is 10.7. The molecule has 0 aliphatic carbocycles. The van der Waals surface area contributed by atoms with Crippen LogP contribution in [0.3, 0.4) is 0 Å². The van der Waals surface area contributed by atoms with E-state index in [4.69, 9.17) is 26.9 Å². The molecule has 2 rings (SSSR count). The molecule has 0 aliphatic heterocycles. The summed E-state index contributed by atoms with van der Waals surface area (Å²) in [7, 11) is 1.35. The molecule has 0 spiro atoms. The van der Waals surface area contributed by atoms with Crippen molar-refractivity contribution in [2.45, 2.75) is 0 Å². The summed E-state index contributed by atoms with van der Waals surface area (Å²) in [4.78, 5) is 21.6. The number of nitrogens with one attached hydrogen (secondary N) is 1. The third-order valence-corrected chi connectivity index (χ3v) is 2.55. The van der Waals surface area contributed by atoms with Gasteiger partial charge in [0.1, 0.15) is 0 Å². The van der Waals surface area contributed by atoms with Crippen molar-refractivity contribution in [1.29, 1.82) is 0 Å². The van der Waals surface area contributed by atoms with E-state index in [0.29, 0.717) is 0 Å². The highest BCUT2D eigenvalue weighted by Gasteiger charge is 2.14. The van der Waals surface area contributed by atoms with E-state index in [1.165, 1.54) is 19.2 Å². The molecule has 0 amide bonds. The van der Waals surface area contributed by atoms with Crippen LogP contribution in [0.1, 0.15) is 0 Å². The number of ether oxygens (including phenoxy) is 2. The molecule has 0 unspecified atom stereocenters. The Morgan fingerprint density at radius 1 is 1.33 bits per heavy atom. The number of hydrogen-bond donors (Lipinski definition) is 2. The van der Waals surface area contributed by atoms with Crippen LogP contribution in [-0.2, 0) is 0 Å². The molecular formula is C10H9ClN6O4. The summed E-state index contributed by atoms with van der Waals surface area (Å²) in [6.45, 7) is 0. The van der Waals surface area contributed by atoms with Gasteiger partial charge in [0.15, 0.2) is 5.75 Å². The molecule has 0 fully saturated rings. The number of anilines is 1. The van der Waals surface area contributed by atoms with Crippen LogP contribution in [0.15, 0.2) is 18.2 Å². The van der Waals surface area contributed by atoms with Gasteiger partial charge in [-0.25, -0.2) is 5.84 Å². The second-order valence-electron chi connectivity index (χ2n) is 3.55. The minimum Gasteiger partial charge on any atom is -0.467 e. The summed E-state index contributed by atoms with van der Waals surface area (Å²) in [5.41, 5.74) is 2.02. The standard InChI is InChI=1S/C10H9ClN6O4/c1-20-9-13-8(16-12)14-10(15-9)21-7-4-5(17(18)19)2-3-6(7)11/h2-4H,12H2,1H3,(H,13,14,15,16). The second kappa shape index (κ2) is 6.15. The molecule has 1 heterocycles. The SMILES string of the molecule is COc1nc(NN)nc(Oc2cc([N+](=O)[O-])ccc2Cl)n1. The zero-order valence-corrected chi connectivity index (χ0v) is 11.4. The normalized spacial score (nSPS) is 10.0. The van der Waals surface area contributed by atoms with E-state index in [2.05, 4.69) is 20.4 Å². The lowest BCUT2D eigenvalue weighted by Crippen LogP contribution is -2.12. The fraction of sp³-hybridized carbons (Fsp3) is 0.100. The Balaban J connectivity index is 2.37. The van der Waals surface area contributed by atoms with Crippen LogP contribution in [0.25, 0.3) is 0 Å². The fourth-order valence-electron chi connectivity index (χ4n) is 1.32. The fourth-order valence-corrected chi connectivity index (χ4v) is 1.48. The first-order chi connectivity index (χ1) is 10.0. The number of methoxy groups -OCH3 is 1. The lowest BCUT2D eigenvalue weighted by Gasteiger charge is -2.07. The van der Waals surface area contributed by atoms with Crippen LogP contribution < -0.4 is 20.7 Å². The monoisotopic (exact) mass is 312 g/mol. The van der Waals surface area contributed by atoms with Gasteiger partial charge >= 0.3 is 12.0 Å². The molecule has 0 saturated heterocycles. The van der Waals surface area contributed by atoms with Crippen molar-refractivity contribution in [1.82, 2.24) is 15.0 Å². The van der Waals surface area contributed by atoms with Gasteiger partial charge in [0.25, 0.3) is 5.69 Å². The molecule has 0 aliphatic rings. The largest absolute Gasteiger partial charge is 0.467 e. The molecule has 0 radical (unpaired) electrons. The number of nitrogen functional groups attached to an aromatic ring is 1. The Bertz CT molecular complexity index is 660. The van der Waals surface area contributed by atoms with E-state index in [9.17, 15) is 10.1 Å². The minimum absolute atomic E-state index is 0.00148. The van der Waals surface area contributed by atoms with Crippen molar-refractivity contribution in [3.05, 3.63) is 33.3 Å². The zero-order valence-electron chi connectivity index (χ0n) is 10.6. The number of halogens is 1. The number of nitrogens with zero attached hydrogens (tertiary/aromatic N) is 4. The maximum absolute atomic E-state index is 10.7. The van der Waals surface area contributed by atoms with E-state index in [0.717, 1.165) is 6.07 Å². The summed E-state index contributed by atoms with van der Waals surface area (Å²) < 4.78 is 10.2. The van der Waals surface area contributed by atoms with Crippen LogP contribution in [0.5, 0.6) is 17.8 Å². The van der Waals surface area contributed by atoms with Gasteiger partial charge in [-0.3, -0.25) is 15.5 Å². The molecule has 11 heteroatoms. The highest BCUT2D eigenvalue weighted by Crippen LogP contribution is 2.31. The third kappa shape index (κ3) is 3.43. The van der Waals surface area contributed by atoms with E-state index in [1.54, 1.807) is 0 Å². The Morgan fingerprint density at radius 3 is 2.67 bits per heavy atom. The zero-order chi connectivity index (χ0) is 15.4. The summed E-state index contributed by atoms with van der Waals surface area (Å²) in [5, 5.41) is 10.9. The van der Waals surface area contributed by atoms with Gasteiger partial charge in [0.2, 0.25) is 5.95 Å². The van der Waals surface area contributed by atoms with Crippen molar-refractivity contribution in [2.75, 3.05) is 12.5 Å². The summed E-state index contributed by atoms with van der Waals surface area (Å²) in [5.74, 6) is 5.21. The first-order valence-corrected chi connectivity index (χ1v) is 5.79. The number of nitrogens with two attached hydrogens (primary N) is 1. The number of nitro benzene ring substituents is 1. The molecule has 21 heavy (non-hydrogen) atoms. The van der Waals surface area contributed by atoms with Crippen LogP contribution in [-0.4, -0.2) is 27.0 Å². The van der Waals surface area contributed by atoms with Crippen molar-refractivity contribution in [2.24, 2.45) is 5.84 Å². The Morgan fingerprint density at radius 2 is 2.05 bits per heavy atom. The van der Waals surface area contributed by atoms with E-state index in [-0.39, 0.29) is 34.4 Å². The molecule has 0 atom stereocenters. The number of nitro groups is 1. The molecule has 10 nitrogen and oxygen atoms in total. The highest BCUT2D eigenvalue weighted by atomic mass is 35.5. The topological polar surface area (TPSA) is 138 Å². The lowest BCUT2D eigenvalue weighted by atomic mass is 10.3. The van der Waals surface area contributed by atoms with Crippen molar-refractivity contribution >= 4 is 23.2 Å². The second-order valence-corrected chi connectivity index (χ2v) is 3.95. The number of rotatable bonds is 5. The molecule has 2 aromatic rings. The first kappa shape index (κ1) is 14.7. The molecule has 1 aromatic heterocycles. The average Bonchev–Trinajstić information content (AvgIpc) is 2.48. The molecular weight excluding hydrogens is 304 g/mol. The predicted molar refractivity (Wildman–Crippen MR) is 72.4 cm³/mol. The first-order valence-electron chi connectivity index (χ1n) is 5.42. The van der Waals surface area contributed by atoms with Gasteiger partial charge in [0, 0.05) is 6.07 Å². The molecule has 1 aromatic carbocycles. The van der Waals surface area contributed by atoms with Gasteiger partial charge in [-0.15, -0.1) is 4.98 Å². The van der Waals surface area contributed by atoms with Gasteiger partial charge in [-0.2, -0.15) is 9.97 Å². The number of aromatic nitrogens is 3. The van der Waals surface area contributed by atoms with Gasteiger partial charge < -0.3 is 9.47 Å². The highest BCUT2D eigenvalue weighted by molar-refractivity contribution is 6.32. The third-order valence-electron chi connectivity index (χ3n) is 2.23. The van der Waals surface area contributed by atoms with Gasteiger partial charge in [-0.05, 0) is 6.07 Å². The van der Waals surface area contributed by atoms with E-state index < -0.39 is 4.92 Å². The lowest BCUT2D eigenvalue weighted by molar-refractivity contribution is -0.384. The van der Waals surface area contributed by atoms with Crippen LogP contribution >= 0.6 is 11.6 Å². The molecule has 0 saturated carbocycles. The minimum atomic E-state index is -0.579. The maximum Gasteiger partial charge on any atom is 0.330 e. The molecule has 0 bridgehead atoms.